The Morgan fingerprint density at radius 2 is 1.75 bits per heavy atom. The van der Waals surface area contributed by atoms with Crippen molar-refractivity contribution in [3.05, 3.63) is 67.0 Å². The summed E-state index contributed by atoms with van der Waals surface area (Å²) in [4.78, 5) is 0. The number of benzene rings is 2. The molecule has 3 aromatic rings. The Morgan fingerprint density at radius 3 is 2.55 bits per heavy atom. The maximum absolute atomic E-state index is 5.32. The molecule has 0 amide bonds. The van der Waals surface area contributed by atoms with Gasteiger partial charge in [-0.25, -0.2) is 4.68 Å². The molecular formula is C16H15N3O. The molecule has 0 spiro atoms. The first-order chi connectivity index (χ1) is 9.86. The van der Waals surface area contributed by atoms with Gasteiger partial charge in [0, 0.05) is 0 Å². The topological polar surface area (TPSA) is 39.1 Å². The van der Waals surface area contributed by atoms with Crippen molar-refractivity contribution in [2.45, 2.75) is 0 Å². The highest BCUT2D eigenvalue weighted by molar-refractivity contribution is 5.65. The smallest absolute Gasteiger partial charge is 0.142 e. The van der Waals surface area contributed by atoms with Crippen LogP contribution in [0.3, 0.4) is 0 Å². The molecule has 0 aliphatic heterocycles. The Balaban J connectivity index is 1.84. The van der Waals surface area contributed by atoms with Crippen molar-refractivity contribution in [3.8, 4) is 11.4 Å². The fraction of sp³-hybridized carbons (Fsp3) is 0.0625. The molecule has 4 heteroatoms. The van der Waals surface area contributed by atoms with Crippen molar-refractivity contribution in [3.63, 3.8) is 0 Å². The fourth-order valence-electron chi connectivity index (χ4n) is 2.01. The summed E-state index contributed by atoms with van der Waals surface area (Å²) in [5.41, 5.74) is 2.86. The van der Waals surface area contributed by atoms with Gasteiger partial charge in [-0.2, -0.15) is 5.10 Å². The van der Waals surface area contributed by atoms with E-state index in [1.807, 2.05) is 65.5 Å². The lowest BCUT2D eigenvalue weighted by molar-refractivity contribution is 0.417. The number of anilines is 2. The van der Waals surface area contributed by atoms with Crippen LogP contribution >= 0.6 is 0 Å². The standard InChI is InChI=1S/C16H15N3O/c1-20-16-10-6-5-9-15(16)18-13-11-17-19(12-13)14-7-3-2-4-8-14/h2-12,18H,1H3. The zero-order valence-electron chi connectivity index (χ0n) is 11.2. The molecule has 1 heterocycles. The molecule has 0 bridgehead atoms. The summed E-state index contributed by atoms with van der Waals surface area (Å²) in [6.07, 6.45) is 3.74. The quantitative estimate of drug-likeness (QED) is 0.783. The summed E-state index contributed by atoms with van der Waals surface area (Å²) >= 11 is 0. The number of ether oxygens (including phenoxy) is 1. The molecule has 3 rings (SSSR count). The molecule has 4 nitrogen and oxygen atoms in total. The molecule has 0 atom stereocenters. The molecule has 0 radical (unpaired) electrons. The van der Waals surface area contributed by atoms with Gasteiger partial charge >= 0.3 is 0 Å². The van der Waals surface area contributed by atoms with Crippen molar-refractivity contribution in [2.75, 3.05) is 12.4 Å². The number of para-hydroxylation sites is 3. The van der Waals surface area contributed by atoms with Gasteiger partial charge in [0.1, 0.15) is 5.75 Å². The molecule has 0 aliphatic carbocycles. The fourth-order valence-corrected chi connectivity index (χ4v) is 2.01. The molecule has 0 saturated carbocycles. The van der Waals surface area contributed by atoms with E-state index in [0.29, 0.717) is 0 Å². The minimum Gasteiger partial charge on any atom is -0.495 e. The van der Waals surface area contributed by atoms with Gasteiger partial charge < -0.3 is 10.1 Å². The summed E-state index contributed by atoms with van der Waals surface area (Å²) in [6, 6.07) is 17.8. The summed E-state index contributed by atoms with van der Waals surface area (Å²) in [6.45, 7) is 0. The molecule has 20 heavy (non-hydrogen) atoms. The number of aromatic nitrogens is 2. The predicted octanol–water partition coefficient (Wildman–Crippen LogP) is 3.62. The summed E-state index contributed by atoms with van der Waals surface area (Å²) in [5, 5.41) is 7.66. The van der Waals surface area contributed by atoms with Crippen molar-refractivity contribution >= 4 is 11.4 Å². The maximum atomic E-state index is 5.32. The van der Waals surface area contributed by atoms with Gasteiger partial charge in [-0.15, -0.1) is 0 Å². The molecule has 0 fully saturated rings. The number of hydrogen-bond acceptors (Lipinski definition) is 3. The highest BCUT2D eigenvalue weighted by atomic mass is 16.5. The van der Waals surface area contributed by atoms with E-state index in [2.05, 4.69) is 10.4 Å². The second-order valence-electron chi connectivity index (χ2n) is 4.33. The van der Waals surface area contributed by atoms with Crippen LogP contribution in [0.2, 0.25) is 0 Å². The summed E-state index contributed by atoms with van der Waals surface area (Å²) in [7, 11) is 1.66. The van der Waals surface area contributed by atoms with Crippen molar-refractivity contribution < 1.29 is 4.74 Å². The lowest BCUT2D eigenvalue weighted by atomic mass is 10.3. The van der Waals surface area contributed by atoms with Crippen LogP contribution in [0.5, 0.6) is 5.75 Å². The Labute approximate surface area is 117 Å². The third-order valence-corrected chi connectivity index (χ3v) is 2.99. The number of nitrogens with one attached hydrogen (secondary N) is 1. The largest absolute Gasteiger partial charge is 0.495 e. The van der Waals surface area contributed by atoms with E-state index in [9.17, 15) is 0 Å². The number of rotatable bonds is 4. The average Bonchev–Trinajstić information content (AvgIpc) is 2.97. The Kier molecular flexibility index (Phi) is 3.37. The lowest BCUT2D eigenvalue weighted by Crippen LogP contribution is -1.94. The van der Waals surface area contributed by atoms with E-state index < -0.39 is 0 Å². The van der Waals surface area contributed by atoms with E-state index in [4.69, 9.17) is 4.74 Å². The first-order valence-corrected chi connectivity index (χ1v) is 6.37. The molecule has 1 N–H and O–H groups in total. The van der Waals surface area contributed by atoms with Crippen LogP contribution in [0.25, 0.3) is 5.69 Å². The molecule has 100 valence electrons. The van der Waals surface area contributed by atoms with Gasteiger partial charge in [0.2, 0.25) is 0 Å². The van der Waals surface area contributed by atoms with E-state index >= 15 is 0 Å². The molecule has 0 saturated heterocycles. The first-order valence-electron chi connectivity index (χ1n) is 6.37. The monoisotopic (exact) mass is 265 g/mol. The van der Waals surface area contributed by atoms with Crippen molar-refractivity contribution in [2.24, 2.45) is 0 Å². The second kappa shape index (κ2) is 5.48. The van der Waals surface area contributed by atoms with Gasteiger partial charge in [0.25, 0.3) is 0 Å². The van der Waals surface area contributed by atoms with Crippen LogP contribution in [0.1, 0.15) is 0 Å². The molecular weight excluding hydrogens is 250 g/mol. The highest BCUT2D eigenvalue weighted by Crippen LogP contribution is 2.26. The van der Waals surface area contributed by atoms with Crippen LogP contribution in [-0.4, -0.2) is 16.9 Å². The van der Waals surface area contributed by atoms with Gasteiger partial charge in [-0.3, -0.25) is 0 Å². The van der Waals surface area contributed by atoms with Gasteiger partial charge in [0.05, 0.1) is 36.6 Å². The minimum absolute atomic E-state index is 0.806. The second-order valence-corrected chi connectivity index (χ2v) is 4.33. The predicted molar refractivity (Wildman–Crippen MR) is 79.8 cm³/mol. The third kappa shape index (κ3) is 2.49. The summed E-state index contributed by atoms with van der Waals surface area (Å²) < 4.78 is 7.15. The Morgan fingerprint density at radius 1 is 1.00 bits per heavy atom. The Bertz CT molecular complexity index is 692. The van der Waals surface area contributed by atoms with Gasteiger partial charge in [-0.1, -0.05) is 30.3 Å². The normalized spacial score (nSPS) is 10.2. The zero-order valence-corrected chi connectivity index (χ0v) is 11.2. The number of hydrogen-bond donors (Lipinski definition) is 1. The molecule has 2 aromatic carbocycles. The Hall–Kier alpha value is -2.75. The van der Waals surface area contributed by atoms with Crippen LogP contribution in [-0.2, 0) is 0 Å². The molecule has 1 aromatic heterocycles. The average molecular weight is 265 g/mol. The van der Waals surface area contributed by atoms with Crippen LogP contribution < -0.4 is 10.1 Å². The van der Waals surface area contributed by atoms with Gasteiger partial charge in [-0.05, 0) is 24.3 Å². The number of methoxy groups -OCH3 is 1. The van der Waals surface area contributed by atoms with Gasteiger partial charge in [0.15, 0.2) is 0 Å². The maximum Gasteiger partial charge on any atom is 0.142 e. The highest BCUT2D eigenvalue weighted by Gasteiger charge is 2.04. The summed E-state index contributed by atoms with van der Waals surface area (Å²) in [5.74, 6) is 0.806. The van der Waals surface area contributed by atoms with E-state index in [1.54, 1.807) is 13.3 Å². The number of nitrogens with zero attached hydrogens (tertiary/aromatic N) is 2. The zero-order chi connectivity index (χ0) is 13.8. The van der Waals surface area contributed by atoms with Crippen molar-refractivity contribution in [1.29, 1.82) is 0 Å². The van der Waals surface area contributed by atoms with E-state index in [1.165, 1.54) is 0 Å². The minimum atomic E-state index is 0.806. The molecule has 0 unspecified atom stereocenters. The van der Waals surface area contributed by atoms with Crippen LogP contribution in [0.15, 0.2) is 67.0 Å². The SMILES string of the molecule is COc1ccccc1Nc1cnn(-c2ccccc2)c1. The van der Waals surface area contributed by atoms with Crippen molar-refractivity contribution in [1.82, 2.24) is 9.78 Å². The molecule has 0 aliphatic rings. The van der Waals surface area contributed by atoms with E-state index in [-0.39, 0.29) is 0 Å². The first kappa shape index (κ1) is 12.3. The van der Waals surface area contributed by atoms with Crippen LogP contribution in [0.4, 0.5) is 11.4 Å². The lowest BCUT2D eigenvalue weighted by Gasteiger charge is -2.08. The third-order valence-electron chi connectivity index (χ3n) is 2.99. The van der Waals surface area contributed by atoms with Crippen LogP contribution in [0, 0.1) is 0 Å². The van der Waals surface area contributed by atoms with E-state index in [0.717, 1.165) is 22.8 Å².